The highest BCUT2D eigenvalue weighted by molar-refractivity contribution is 6.31. The minimum absolute atomic E-state index is 0.0445. The topological polar surface area (TPSA) is 90.0 Å². The number of aromatic nitrogens is 1. The smallest absolute Gasteiger partial charge is 0.471 e. The Hall–Kier alpha value is -3.83. The number of ether oxygens (including phenoxy) is 3. The molecule has 0 saturated heterocycles. The SMILES string of the molecule is CNCC(C)Oc1ccc2c(c1)C1(CCC(C(=O)OC)(N(C(=O)C(F)(F)F)c3cccc(Cl)c3)CC1)[C@@H](C[C@@H](C)COc1ccnc3c1[C@H](C)CCC3)C2. The number of alkyl halides is 3. The van der Waals surface area contributed by atoms with Gasteiger partial charge in [0, 0.05) is 34.7 Å². The van der Waals surface area contributed by atoms with Crippen molar-refractivity contribution in [2.75, 3.05) is 32.2 Å². The third-order valence-electron chi connectivity index (χ3n) is 12.0. The number of hydrogen-bond acceptors (Lipinski definition) is 7. The van der Waals surface area contributed by atoms with Crippen molar-refractivity contribution in [1.29, 1.82) is 0 Å². The molecule has 12 heteroatoms. The number of likely N-dealkylation sites (N-methyl/N-ethyl adjacent to an activating group) is 1. The van der Waals surface area contributed by atoms with Crippen LogP contribution in [0.25, 0.3) is 0 Å². The van der Waals surface area contributed by atoms with Gasteiger partial charge < -0.3 is 19.5 Å². The summed E-state index contributed by atoms with van der Waals surface area (Å²) < 4.78 is 61.2. The lowest BCUT2D eigenvalue weighted by molar-refractivity contribution is -0.174. The van der Waals surface area contributed by atoms with Crippen molar-refractivity contribution in [1.82, 2.24) is 10.3 Å². The second kappa shape index (κ2) is 16.1. The second-order valence-electron chi connectivity index (χ2n) is 15.6. The number of rotatable bonds is 12. The Balaban J connectivity index is 1.34. The molecule has 292 valence electrons. The van der Waals surface area contributed by atoms with Gasteiger partial charge in [-0.15, -0.1) is 0 Å². The Bertz CT molecular complexity index is 1830. The fourth-order valence-corrected chi connectivity index (χ4v) is 9.66. The average Bonchev–Trinajstić information content (AvgIpc) is 3.42. The molecule has 6 rings (SSSR count). The molecule has 1 aromatic heterocycles. The van der Waals surface area contributed by atoms with Crippen LogP contribution in [0.4, 0.5) is 18.9 Å². The van der Waals surface area contributed by atoms with Gasteiger partial charge in [-0.05, 0) is 142 Å². The number of nitrogens with one attached hydrogen (secondary N) is 1. The van der Waals surface area contributed by atoms with Crippen molar-refractivity contribution < 1.29 is 37.0 Å². The van der Waals surface area contributed by atoms with E-state index in [4.69, 9.17) is 25.8 Å². The Morgan fingerprint density at radius 3 is 2.54 bits per heavy atom. The molecule has 1 heterocycles. The number of hydrogen-bond donors (Lipinski definition) is 1. The van der Waals surface area contributed by atoms with Crippen molar-refractivity contribution in [3.63, 3.8) is 0 Å². The van der Waals surface area contributed by atoms with Crippen LogP contribution in [-0.2, 0) is 32.6 Å². The Morgan fingerprint density at radius 1 is 1.09 bits per heavy atom. The summed E-state index contributed by atoms with van der Waals surface area (Å²) in [5, 5.41) is 3.28. The van der Waals surface area contributed by atoms with E-state index in [1.54, 1.807) is 0 Å². The summed E-state index contributed by atoms with van der Waals surface area (Å²) in [5.74, 6) is -0.826. The number of halogens is 4. The van der Waals surface area contributed by atoms with E-state index in [2.05, 4.69) is 36.3 Å². The maximum atomic E-state index is 14.4. The molecule has 1 amide bonds. The first kappa shape index (κ1) is 39.9. The molecule has 1 unspecified atom stereocenters. The number of esters is 1. The van der Waals surface area contributed by atoms with Crippen LogP contribution in [0, 0.1) is 11.8 Å². The Labute approximate surface area is 321 Å². The van der Waals surface area contributed by atoms with Gasteiger partial charge in [-0.2, -0.15) is 13.2 Å². The monoisotopic (exact) mass is 769 g/mol. The van der Waals surface area contributed by atoms with Gasteiger partial charge in [-0.25, -0.2) is 4.79 Å². The summed E-state index contributed by atoms with van der Waals surface area (Å²) >= 11 is 6.24. The number of methoxy groups -OCH3 is 1. The molecule has 0 aliphatic heterocycles. The van der Waals surface area contributed by atoms with Crippen LogP contribution in [0.1, 0.15) is 94.0 Å². The molecular formula is C42H51ClF3N3O5. The number of amides is 1. The van der Waals surface area contributed by atoms with Gasteiger partial charge in [0.1, 0.15) is 23.1 Å². The van der Waals surface area contributed by atoms with Gasteiger partial charge in [0.05, 0.1) is 13.7 Å². The first-order valence-electron chi connectivity index (χ1n) is 19.0. The number of carbonyl (C=O) groups excluding carboxylic acids is 2. The summed E-state index contributed by atoms with van der Waals surface area (Å²) in [6, 6.07) is 13.7. The predicted octanol–water partition coefficient (Wildman–Crippen LogP) is 8.76. The van der Waals surface area contributed by atoms with Gasteiger partial charge in [0.15, 0.2) is 0 Å². The minimum Gasteiger partial charge on any atom is -0.493 e. The van der Waals surface area contributed by atoms with E-state index in [9.17, 15) is 22.8 Å². The summed E-state index contributed by atoms with van der Waals surface area (Å²) in [7, 11) is 3.01. The fourth-order valence-electron chi connectivity index (χ4n) is 9.47. The summed E-state index contributed by atoms with van der Waals surface area (Å²) in [5.41, 5.74) is 2.03. The molecule has 0 bridgehead atoms. The van der Waals surface area contributed by atoms with Crippen LogP contribution in [-0.4, -0.2) is 62.0 Å². The molecule has 3 aliphatic rings. The van der Waals surface area contributed by atoms with Crippen LogP contribution in [0.15, 0.2) is 54.7 Å². The van der Waals surface area contributed by atoms with Gasteiger partial charge in [-0.1, -0.05) is 37.6 Å². The minimum atomic E-state index is -5.25. The molecule has 3 aliphatic carbocycles. The van der Waals surface area contributed by atoms with Gasteiger partial charge in [0.25, 0.3) is 0 Å². The zero-order chi connectivity index (χ0) is 38.8. The van der Waals surface area contributed by atoms with Crippen LogP contribution >= 0.6 is 11.6 Å². The number of carbonyl (C=O) groups is 2. The molecule has 8 nitrogen and oxygen atoms in total. The van der Waals surface area contributed by atoms with E-state index in [-0.39, 0.29) is 41.5 Å². The van der Waals surface area contributed by atoms with E-state index < -0.39 is 29.0 Å². The Kier molecular flexibility index (Phi) is 11.9. The number of anilines is 1. The zero-order valence-corrected chi connectivity index (χ0v) is 32.5. The fraction of sp³-hybridized carbons (Fsp3) is 0.548. The molecule has 2 aromatic carbocycles. The molecule has 1 saturated carbocycles. The van der Waals surface area contributed by atoms with Gasteiger partial charge in [-0.3, -0.25) is 14.7 Å². The van der Waals surface area contributed by atoms with E-state index >= 15 is 0 Å². The number of pyridine rings is 1. The lowest BCUT2D eigenvalue weighted by Crippen LogP contribution is -2.63. The highest BCUT2D eigenvalue weighted by atomic mass is 35.5. The molecule has 1 N–H and O–H groups in total. The van der Waals surface area contributed by atoms with Crippen molar-refractivity contribution in [2.45, 2.75) is 108 Å². The van der Waals surface area contributed by atoms with Crippen LogP contribution in [0.3, 0.4) is 0 Å². The second-order valence-corrected chi connectivity index (χ2v) is 16.1. The highest BCUT2D eigenvalue weighted by Crippen LogP contribution is 2.58. The van der Waals surface area contributed by atoms with E-state index in [0.717, 1.165) is 61.8 Å². The largest absolute Gasteiger partial charge is 0.493 e. The molecule has 0 radical (unpaired) electrons. The number of aryl methyl sites for hydroxylation is 1. The highest BCUT2D eigenvalue weighted by Gasteiger charge is 2.60. The Morgan fingerprint density at radius 2 is 1.85 bits per heavy atom. The molecular weight excluding hydrogens is 719 g/mol. The number of benzene rings is 2. The van der Waals surface area contributed by atoms with E-state index in [1.807, 2.05) is 32.3 Å². The van der Waals surface area contributed by atoms with Crippen LogP contribution in [0.2, 0.25) is 5.02 Å². The maximum Gasteiger partial charge on any atom is 0.471 e. The van der Waals surface area contributed by atoms with Crippen molar-refractivity contribution in [3.05, 3.63) is 82.1 Å². The van der Waals surface area contributed by atoms with Gasteiger partial charge in [0.2, 0.25) is 0 Å². The van der Waals surface area contributed by atoms with Crippen molar-refractivity contribution >= 4 is 29.2 Å². The lowest BCUT2D eigenvalue weighted by atomic mass is 9.59. The molecule has 54 heavy (non-hydrogen) atoms. The molecule has 3 aromatic rings. The number of nitrogens with zero attached hydrogens (tertiary/aromatic N) is 2. The summed E-state index contributed by atoms with van der Waals surface area (Å²) in [6.07, 6.45) is 1.79. The summed E-state index contributed by atoms with van der Waals surface area (Å²) in [4.78, 5) is 32.4. The maximum absolute atomic E-state index is 14.4. The molecule has 4 atom stereocenters. The summed E-state index contributed by atoms with van der Waals surface area (Å²) in [6.45, 7) is 7.52. The van der Waals surface area contributed by atoms with Crippen LogP contribution in [0.5, 0.6) is 11.5 Å². The molecule has 1 spiro atoms. The quantitative estimate of drug-likeness (QED) is 0.184. The normalized spacial score (nSPS) is 24.6. The average molecular weight is 770 g/mol. The first-order valence-corrected chi connectivity index (χ1v) is 19.4. The van der Waals surface area contributed by atoms with Crippen molar-refractivity contribution in [2.24, 2.45) is 11.8 Å². The zero-order valence-electron chi connectivity index (χ0n) is 31.7. The third kappa shape index (κ3) is 7.81. The predicted molar refractivity (Wildman–Crippen MR) is 202 cm³/mol. The van der Waals surface area contributed by atoms with E-state index in [0.29, 0.717) is 42.6 Å². The molecule has 1 fully saturated rings. The standard InChI is InChI=1S/C42H51ClF3N3O5/c1-26(25-53-36-14-19-48-35-11-6-8-27(2)37(35)36)20-30-21-29-12-13-33(54-28(3)24-47-4)23-34(29)40(30)15-17-41(18-16-40,39(51)52-5)49(38(50)42(44,45)46)32-10-7-9-31(43)22-32/h7,9-10,12-14,19,22-23,26-28,30,47H,6,8,11,15-18,20-21,24-25H2,1-5H3/t26-,27-,28?,30+,40?,41?/m1/s1. The van der Waals surface area contributed by atoms with Gasteiger partial charge >= 0.3 is 18.1 Å². The lowest BCUT2D eigenvalue weighted by Gasteiger charge is -2.51. The first-order chi connectivity index (χ1) is 25.7. The number of fused-ring (bicyclic) bond motifs is 3. The van der Waals surface area contributed by atoms with Crippen LogP contribution < -0.4 is 19.7 Å². The van der Waals surface area contributed by atoms with Crippen molar-refractivity contribution in [3.8, 4) is 11.5 Å². The van der Waals surface area contributed by atoms with E-state index in [1.165, 1.54) is 29.8 Å². The third-order valence-corrected chi connectivity index (χ3v) is 12.2.